The number of guanidine groups is 1. The summed E-state index contributed by atoms with van der Waals surface area (Å²) in [7, 11) is 1.63. The summed E-state index contributed by atoms with van der Waals surface area (Å²) in [5, 5.41) is 0. The van der Waals surface area contributed by atoms with Gasteiger partial charge < -0.3 is 11.5 Å². The molecule has 1 amide bonds. The zero-order chi connectivity index (χ0) is 19.4. The second-order valence-electron chi connectivity index (χ2n) is 8.08. The van der Waals surface area contributed by atoms with E-state index < -0.39 is 11.5 Å². The Morgan fingerprint density at radius 1 is 1.33 bits per heavy atom. The molecule has 4 rings (SSSR count). The predicted octanol–water partition coefficient (Wildman–Crippen LogP) is 2.44. The fraction of sp³-hybridized carbons (Fsp3) is 0.429. The molecule has 1 heterocycles. The third kappa shape index (κ3) is 2.88. The van der Waals surface area contributed by atoms with Crippen LogP contribution in [0.2, 0.25) is 0 Å². The number of halogens is 1. The Hall–Kier alpha value is -2.47. The molecule has 5 nitrogen and oxygen atoms in total. The molecule has 6 heteroatoms. The molecule has 0 saturated heterocycles. The summed E-state index contributed by atoms with van der Waals surface area (Å²) in [5.74, 6) is -0.838. The Kier molecular flexibility index (Phi) is 4.00. The Morgan fingerprint density at radius 2 is 2.07 bits per heavy atom. The van der Waals surface area contributed by atoms with Gasteiger partial charge in [-0.15, -0.1) is 0 Å². The van der Waals surface area contributed by atoms with Crippen LogP contribution in [0.15, 0.2) is 53.1 Å². The van der Waals surface area contributed by atoms with Gasteiger partial charge in [0.25, 0.3) is 0 Å². The Bertz CT molecular complexity index is 886. The fourth-order valence-electron chi connectivity index (χ4n) is 4.27. The van der Waals surface area contributed by atoms with Crippen molar-refractivity contribution >= 4 is 11.9 Å². The monoisotopic (exact) mass is 368 g/mol. The van der Waals surface area contributed by atoms with Crippen molar-refractivity contribution in [1.29, 1.82) is 0 Å². The van der Waals surface area contributed by atoms with E-state index in [1.165, 1.54) is 17.0 Å². The van der Waals surface area contributed by atoms with Crippen LogP contribution in [0.3, 0.4) is 0 Å². The molecule has 0 bridgehead atoms. The lowest BCUT2D eigenvalue weighted by Gasteiger charge is -2.44. The smallest absolute Gasteiger partial charge is 0.235 e. The van der Waals surface area contributed by atoms with Crippen LogP contribution >= 0.6 is 0 Å². The molecule has 3 aliphatic rings. The average Bonchev–Trinajstić information content (AvgIpc) is 3.39. The second-order valence-corrected chi connectivity index (χ2v) is 8.08. The topological polar surface area (TPSA) is 84.7 Å². The van der Waals surface area contributed by atoms with E-state index in [9.17, 15) is 9.18 Å². The van der Waals surface area contributed by atoms with Gasteiger partial charge in [0.2, 0.25) is 5.91 Å². The molecule has 27 heavy (non-hydrogen) atoms. The number of hydrogen-bond acceptors (Lipinski definition) is 4. The van der Waals surface area contributed by atoms with E-state index in [1.54, 1.807) is 19.2 Å². The first-order valence-electron chi connectivity index (χ1n) is 9.31. The molecule has 1 aromatic rings. The molecule has 3 atom stereocenters. The van der Waals surface area contributed by atoms with Crippen molar-refractivity contribution in [1.82, 2.24) is 4.90 Å². The van der Waals surface area contributed by atoms with Crippen LogP contribution in [0, 0.1) is 17.7 Å². The first-order chi connectivity index (χ1) is 12.7. The number of nitrogens with two attached hydrogens (primary N) is 2. The number of nitrogens with zero attached hydrogens (tertiary/aromatic N) is 2. The number of hydrogen-bond donors (Lipinski definition) is 2. The van der Waals surface area contributed by atoms with Gasteiger partial charge in [-0.1, -0.05) is 30.4 Å². The van der Waals surface area contributed by atoms with Gasteiger partial charge >= 0.3 is 0 Å². The van der Waals surface area contributed by atoms with E-state index in [0.717, 1.165) is 18.4 Å². The Morgan fingerprint density at radius 3 is 2.67 bits per heavy atom. The molecule has 0 aromatic heterocycles. The summed E-state index contributed by atoms with van der Waals surface area (Å²) < 4.78 is 13.9. The van der Waals surface area contributed by atoms with Crippen molar-refractivity contribution in [3.63, 3.8) is 0 Å². The minimum Gasteiger partial charge on any atom is -0.369 e. The van der Waals surface area contributed by atoms with Gasteiger partial charge in [0.1, 0.15) is 5.82 Å². The summed E-state index contributed by atoms with van der Waals surface area (Å²) in [5.41, 5.74) is 13.0. The maximum absolute atomic E-state index is 13.9. The normalized spacial score (nSPS) is 32.1. The number of aliphatic imine (C=N–C) groups is 1. The molecule has 2 aliphatic carbocycles. The number of allylic oxidation sites excluding steroid dienone is 2. The third-order valence-corrected chi connectivity index (χ3v) is 6.23. The highest BCUT2D eigenvalue weighted by Gasteiger charge is 2.50. The van der Waals surface area contributed by atoms with Gasteiger partial charge in [0.15, 0.2) is 5.96 Å². The van der Waals surface area contributed by atoms with Gasteiger partial charge in [-0.25, -0.2) is 9.38 Å². The van der Waals surface area contributed by atoms with E-state index in [4.69, 9.17) is 11.5 Å². The van der Waals surface area contributed by atoms with Crippen LogP contribution in [0.4, 0.5) is 4.39 Å². The van der Waals surface area contributed by atoms with Crippen molar-refractivity contribution in [2.24, 2.45) is 28.3 Å². The largest absolute Gasteiger partial charge is 0.369 e. The zero-order valence-corrected chi connectivity index (χ0v) is 15.7. The molecule has 142 valence electrons. The quantitative estimate of drug-likeness (QED) is 0.859. The van der Waals surface area contributed by atoms with Gasteiger partial charge in [0, 0.05) is 12.6 Å². The summed E-state index contributed by atoms with van der Waals surface area (Å²) in [6.45, 7) is 1.86. The highest BCUT2D eigenvalue weighted by Crippen LogP contribution is 2.47. The standard InChI is InChI=1S/C21H25FN4O/c1-20(15-4-3-5-16(22)12-15)17(18(27)26(2)19(23)25-20)13-6-8-14(9-7-13)21(24)10-11-21/h3-6,8-9,12-13,17H,7,10-11,24H2,1-2H3,(H2,23,25)/t13?,17-,20+/m0/s1. The number of amides is 1. The van der Waals surface area contributed by atoms with Crippen molar-refractivity contribution in [2.75, 3.05) is 7.05 Å². The van der Waals surface area contributed by atoms with Crippen LogP contribution in [0.5, 0.6) is 0 Å². The molecular weight excluding hydrogens is 343 g/mol. The molecule has 1 unspecified atom stereocenters. The van der Waals surface area contributed by atoms with Crippen molar-refractivity contribution in [2.45, 2.75) is 37.3 Å². The molecular formula is C21H25FN4O. The van der Waals surface area contributed by atoms with Crippen LogP contribution in [-0.2, 0) is 10.3 Å². The molecule has 4 N–H and O–H groups in total. The number of carbonyl (C=O) groups is 1. The lowest BCUT2D eigenvalue weighted by Crippen LogP contribution is -2.55. The summed E-state index contributed by atoms with van der Waals surface area (Å²) >= 11 is 0. The van der Waals surface area contributed by atoms with E-state index in [2.05, 4.69) is 17.1 Å². The van der Waals surface area contributed by atoms with Gasteiger partial charge in [0.05, 0.1) is 11.5 Å². The highest BCUT2D eigenvalue weighted by atomic mass is 19.1. The molecule has 1 saturated carbocycles. The highest BCUT2D eigenvalue weighted by molar-refractivity contribution is 6.00. The van der Waals surface area contributed by atoms with E-state index >= 15 is 0 Å². The summed E-state index contributed by atoms with van der Waals surface area (Å²) in [6.07, 6.45) is 8.95. The lowest BCUT2D eigenvalue weighted by atomic mass is 9.69. The zero-order valence-electron chi connectivity index (χ0n) is 15.7. The molecule has 1 aromatic carbocycles. The fourth-order valence-corrected chi connectivity index (χ4v) is 4.27. The molecule has 0 radical (unpaired) electrons. The Labute approximate surface area is 158 Å². The summed E-state index contributed by atoms with van der Waals surface area (Å²) in [6, 6.07) is 6.27. The van der Waals surface area contributed by atoms with Crippen molar-refractivity contribution < 1.29 is 9.18 Å². The van der Waals surface area contributed by atoms with E-state index in [-0.39, 0.29) is 29.1 Å². The average molecular weight is 368 g/mol. The molecule has 1 aliphatic heterocycles. The number of rotatable bonds is 3. The maximum Gasteiger partial charge on any atom is 0.235 e. The maximum atomic E-state index is 13.9. The van der Waals surface area contributed by atoms with E-state index in [1.807, 2.05) is 13.0 Å². The molecule has 0 spiro atoms. The van der Waals surface area contributed by atoms with Crippen LogP contribution < -0.4 is 11.5 Å². The van der Waals surface area contributed by atoms with Crippen molar-refractivity contribution in [3.05, 3.63) is 59.4 Å². The van der Waals surface area contributed by atoms with Gasteiger partial charge in [-0.2, -0.15) is 0 Å². The first-order valence-corrected chi connectivity index (χ1v) is 9.31. The predicted molar refractivity (Wildman–Crippen MR) is 103 cm³/mol. The third-order valence-electron chi connectivity index (χ3n) is 6.23. The lowest BCUT2D eigenvalue weighted by molar-refractivity contribution is -0.135. The SMILES string of the molecule is CN1C(=O)[C@H](C2C=CC(C3(N)CC3)=CC2)[C@@](C)(c2cccc(F)c2)N=C1N. The second kappa shape index (κ2) is 6.02. The minimum atomic E-state index is -0.934. The number of benzene rings is 1. The molecule has 1 fully saturated rings. The number of carbonyl (C=O) groups excluding carboxylic acids is 1. The minimum absolute atomic E-state index is 0.0591. The van der Waals surface area contributed by atoms with Crippen LogP contribution in [0.1, 0.15) is 31.7 Å². The van der Waals surface area contributed by atoms with Crippen molar-refractivity contribution in [3.8, 4) is 0 Å². The summed E-state index contributed by atoms with van der Waals surface area (Å²) in [4.78, 5) is 19.2. The van der Waals surface area contributed by atoms with Crippen LogP contribution in [0.25, 0.3) is 0 Å². The van der Waals surface area contributed by atoms with Gasteiger partial charge in [-0.3, -0.25) is 9.69 Å². The van der Waals surface area contributed by atoms with Gasteiger partial charge in [-0.05, 0) is 55.4 Å². The van der Waals surface area contributed by atoms with Crippen LogP contribution in [-0.4, -0.2) is 29.4 Å². The Balaban J connectivity index is 1.73. The first kappa shape index (κ1) is 17.9. The van der Waals surface area contributed by atoms with E-state index in [0.29, 0.717) is 12.0 Å².